The summed E-state index contributed by atoms with van der Waals surface area (Å²) in [4.78, 5) is 7.53. The van der Waals surface area contributed by atoms with Crippen LogP contribution in [0.3, 0.4) is 0 Å². The van der Waals surface area contributed by atoms with Crippen molar-refractivity contribution in [1.29, 1.82) is 0 Å². The standard InChI is InChI=1S/C11H17F3N4/c1-10(2,3)7-6-8(11(12,13)14)18-9(17-7)16-5-4-15/h6H,4-5,15H2,1-3H3,(H,16,17,18). The minimum Gasteiger partial charge on any atom is -0.353 e. The third-order valence-corrected chi connectivity index (χ3v) is 2.21. The molecule has 1 heterocycles. The highest BCUT2D eigenvalue weighted by Crippen LogP contribution is 2.31. The van der Waals surface area contributed by atoms with Gasteiger partial charge in [-0.05, 0) is 6.07 Å². The Balaban J connectivity index is 3.21. The van der Waals surface area contributed by atoms with Crippen LogP contribution in [-0.4, -0.2) is 23.1 Å². The molecule has 0 bridgehead atoms. The molecule has 0 aliphatic rings. The van der Waals surface area contributed by atoms with Crippen LogP contribution in [-0.2, 0) is 11.6 Å². The fourth-order valence-corrected chi connectivity index (χ4v) is 1.24. The number of hydrogen-bond acceptors (Lipinski definition) is 4. The van der Waals surface area contributed by atoms with Gasteiger partial charge in [0.1, 0.15) is 5.69 Å². The Bertz CT molecular complexity index is 377. The first-order valence-corrected chi connectivity index (χ1v) is 5.55. The Morgan fingerprint density at radius 3 is 2.17 bits per heavy atom. The van der Waals surface area contributed by atoms with Crippen LogP contribution in [0.5, 0.6) is 0 Å². The topological polar surface area (TPSA) is 63.8 Å². The Kier molecular flexibility index (Phi) is 4.16. The van der Waals surface area contributed by atoms with Gasteiger partial charge in [-0.15, -0.1) is 0 Å². The highest BCUT2D eigenvalue weighted by Gasteiger charge is 2.34. The molecule has 0 fully saturated rings. The first kappa shape index (κ1) is 14.7. The molecule has 4 nitrogen and oxygen atoms in total. The molecule has 0 saturated carbocycles. The molecule has 0 radical (unpaired) electrons. The van der Waals surface area contributed by atoms with E-state index >= 15 is 0 Å². The van der Waals surface area contributed by atoms with Crippen molar-refractivity contribution in [2.75, 3.05) is 18.4 Å². The second kappa shape index (κ2) is 5.09. The molecule has 0 aromatic carbocycles. The second-order valence-corrected chi connectivity index (χ2v) is 4.93. The molecule has 0 saturated heterocycles. The van der Waals surface area contributed by atoms with Gasteiger partial charge in [0.05, 0.1) is 5.69 Å². The van der Waals surface area contributed by atoms with Gasteiger partial charge in [-0.25, -0.2) is 9.97 Å². The summed E-state index contributed by atoms with van der Waals surface area (Å²) in [6, 6.07) is 0.980. The molecule has 1 aromatic heterocycles. The van der Waals surface area contributed by atoms with Crippen LogP contribution < -0.4 is 11.1 Å². The second-order valence-electron chi connectivity index (χ2n) is 4.93. The van der Waals surface area contributed by atoms with Crippen molar-refractivity contribution in [3.8, 4) is 0 Å². The van der Waals surface area contributed by atoms with E-state index < -0.39 is 17.3 Å². The minimum absolute atomic E-state index is 0.0415. The van der Waals surface area contributed by atoms with Crippen LogP contribution in [0.2, 0.25) is 0 Å². The minimum atomic E-state index is -4.48. The van der Waals surface area contributed by atoms with Gasteiger partial charge in [-0.1, -0.05) is 20.8 Å². The molecular weight excluding hydrogens is 245 g/mol. The first-order chi connectivity index (χ1) is 8.14. The molecule has 18 heavy (non-hydrogen) atoms. The Hall–Kier alpha value is -1.37. The maximum absolute atomic E-state index is 12.7. The number of nitrogens with zero attached hydrogens (tertiary/aromatic N) is 2. The SMILES string of the molecule is CC(C)(C)c1cc(C(F)(F)F)nc(NCCN)n1. The van der Waals surface area contributed by atoms with Gasteiger partial charge in [0.2, 0.25) is 5.95 Å². The molecule has 3 N–H and O–H groups in total. The predicted octanol–water partition coefficient (Wildman–Crippen LogP) is 2.16. The molecule has 0 unspecified atom stereocenters. The fraction of sp³-hybridized carbons (Fsp3) is 0.636. The number of hydrogen-bond donors (Lipinski definition) is 2. The fourth-order valence-electron chi connectivity index (χ4n) is 1.24. The van der Waals surface area contributed by atoms with Gasteiger partial charge < -0.3 is 11.1 Å². The summed E-state index contributed by atoms with van der Waals surface area (Å²) in [5.74, 6) is -0.0415. The van der Waals surface area contributed by atoms with E-state index in [4.69, 9.17) is 5.73 Å². The predicted molar refractivity (Wildman–Crippen MR) is 63.3 cm³/mol. The maximum Gasteiger partial charge on any atom is 0.433 e. The van der Waals surface area contributed by atoms with E-state index in [2.05, 4.69) is 15.3 Å². The third-order valence-electron chi connectivity index (χ3n) is 2.21. The Morgan fingerprint density at radius 1 is 1.17 bits per heavy atom. The molecule has 1 aromatic rings. The lowest BCUT2D eigenvalue weighted by molar-refractivity contribution is -0.141. The van der Waals surface area contributed by atoms with Gasteiger partial charge >= 0.3 is 6.18 Å². The molecule has 0 atom stereocenters. The van der Waals surface area contributed by atoms with E-state index in [1.54, 1.807) is 20.8 Å². The summed E-state index contributed by atoms with van der Waals surface area (Å²) in [6.45, 7) is 6.00. The van der Waals surface area contributed by atoms with Crippen molar-refractivity contribution in [3.63, 3.8) is 0 Å². The molecule has 0 aliphatic heterocycles. The number of anilines is 1. The van der Waals surface area contributed by atoms with Crippen LogP contribution in [0.4, 0.5) is 19.1 Å². The quantitative estimate of drug-likeness (QED) is 0.876. The van der Waals surface area contributed by atoms with Crippen molar-refractivity contribution in [2.24, 2.45) is 5.73 Å². The summed E-state index contributed by atoms with van der Waals surface area (Å²) in [5.41, 5.74) is 4.19. The van der Waals surface area contributed by atoms with Crippen molar-refractivity contribution in [2.45, 2.75) is 32.4 Å². The van der Waals surface area contributed by atoms with Crippen LogP contribution in [0.25, 0.3) is 0 Å². The van der Waals surface area contributed by atoms with Crippen molar-refractivity contribution in [1.82, 2.24) is 9.97 Å². The smallest absolute Gasteiger partial charge is 0.353 e. The molecule has 0 aliphatic carbocycles. The summed E-state index contributed by atoms with van der Waals surface area (Å²) in [6.07, 6.45) is -4.48. The van der Waals surface area contributed by atoms with Gasteiger partial charge in [-0.3, -0.25) is 0 Å². The largest absolute Gasteiger partial charge is 0.433 e. The molecule has 102 valence electrons. The van der Waals surface area contributed by atoms with E-state index in [-0.39, 0.29) is 5.95 Å². The lowest BCUT2D eigenvalue weighted by Crippen LogP contribution is -2.21. The third kappa shape index (κ3) is 3.83. The molecule has 7 heteroatoms. The van der Waals surface area contributed by atoms with Gasteiger partial charge in [-0.2, -0.15) is 13.2 Å². The Morgan fingerprint density at radius 2 is 1.72 bits per heavy atom. The number of nitrogens with two attached hydrogens (primary N) is 1. The maximum atomic E-state index is 12.7. The summed E-state index contributed by atoms with van der Waals surface area (Å²) in [7, 11) is 0. The van der Waals surface area contributed by atoms with Crippen LogP contribution in [0.1, 0.15) is 32.2 Å². The average Bonchev–Trinajstić information content (AvgIpc) is 2.23. The highest BCUT2D eigenvalue weighted by molar-refractivity contribution is 5.31. The summed E-state index contributed by atoms with van der Waals surface area (Å²) >= 11 is 0. The normalized spacial score (nSPS) is 12.6. The lowest BCUT2D eigenvalue weighted by Gasteiger charge is -2.20. The Labute approximate surface area is 104 Å². The summed E-state index contributed by atoms with van der Waals surface area (Å²) in [5, 5.41) is 2.67. The molecule has 1 rings (SSSR count). The highest BCUT2D eigenvalue weighted by atomic mass is 19.4. The van der Waals surface area contributed by atoms with Crippen LogP contribution in [0.15, 0.2) is 6.07 Å². The van der Waals surface area contributed by atoms with Crippen molar-refractivity contribution < 1.29 is 13.2 Å². The number of aromatic nitrogens is 2. The lowest BCUT2D eigenvalue weighted by atomic mass is 9.91. The van der Waals surface area contributed by atoms with E-state index in [1.807, 2.05) is 0 Å². The number of alkyl halides is 3. The number of rotatable bonds is 3. The van der Waals surface area contributed by atoms with Crippen LogP contribution >= 0.6 is 0 Å². The van der Waals surface area contributed by atoms with Crippen LogP contribution in [0, 0.1) is 0 Å². The molecule has 0 spiro atoms. The van der Waals surface area contributed by atoms with Crippen molar-refractivity contribution >= 4 is 5.95 Å². The number of halogens is 3. The number of nitrogens with one attached hydrogen (secondary N) is 1. The van der Waals surface area contributed by atoms with E-state index in [9.17, 15) is 13.2 Å². The molecule has 0 amide bonds. The molecular formula is C11H17F3N4. The van der Waals surface area contributed by atoms with Gasteiger partial charge in [0.15, 0.2) is 0 Å². The zero-order chi connectivity index (χ0) is 14.0. The van der Waals surface area contributed by atoms with Gasteiger partial charge in [0.25, 0.3) is 0 Å². The summed E-state index contributed by atoms with van der Waals surface area (Å²) < 4.78 is 38.1. The van der Waals surface area contributed by atoms with E-state index in [0.29, 0.717) is 18.8 Å². The first-order valence-electron chi connectivity index (χ1n) is 5.55. The van der Waals surface area contributed by atoms with Crippen molar-refractivity contribution in [3.05, 3.63) is 17.5 Å². The van der Waals surface area contributed by atoms with E-state index in [1.165, 1.54) is 0 Å². The zero-order valence-corrected chi connectivity index (χ0v) is 10.6. The van der Waals surface area contributed by atoms with E-state index in [0.717, 1.165) is 6.07 Å². The van der Waals surface area contributed by atoms with Gasteiger partial charge in [0, 0.05) is 18.5 Å². The monoisotopic (exact) mass is 262 g/mol. The zero-order valence-electron chi connectivity index (χ0n) is 10.6. The average molecular weight is 262 g/mol.